The molecule has 0 unspecified atom stereocenters. The molecule has 5 nitrogen and oxygen atoms in total. The summed E-state index contributed by atoms with van der Waals surface area (Å²) >= 11 is 5.81. The van der Waals surface area contributed by atoms with Crippen molar-refractivity contribution in [3.05, 3.63) is 47.1 Å². The van der Waals surface area contributed by atoms with E-state index in [-0.39, 0.29) is 5.91 Å². The first-order chi connectivity index (χ1) is 9.69. The van der Waals surface area contributed by atoms with Gasteiger partial charge in [0.2, 0.25) is 0 Å². The lowest BCUT2D eigenvalue weighted by molar-refractivity contribution is 0.0947. The van der Waals surface area contributed by atoms with Gasteiger partial charge in [0.05, 0.1) is 0 Å². The number of halogens is 1. The van der Waals surface area contributed by atoms with Crippen molar-refractivity contribution in [2.24, 2.45) is 0 Å². The second kappa shape index (κ2) is 6.86. The first kappa shape index (κ1) is 14.3. The average molecular weight is 291 g/mol. The lowest BCUT2D eigenvalue weighted by atomic mass is 10.3. The number of benzene rings is 1. The molecule has 0 saturated carbocycles. The molecule has 0 radical (unpaired) electrons. The molecule has 1 amide bonds. The standard InChI is InChI=1S/C14H15ClN4O/c1-2-9-16-14(20)12-7-8-13(19-18-12)17-11-5-3-10(15)4-6-11/h3-8H,2,9H2,1H3,(H,16,20)(H,17,19). The molecule has 6 heteroatoms. The summed E-state index contributed by atoms with van der Waals surface area (Å²) in [6, 6.07) is 10.6. The van der Waals surface area contributed by atoms with Crippen LogP contribution in [0, 0.1) is 0 Å². The highest BCUT2D eigenvalue weighted by molar-refractivity contribution is 6.30. The highest BCUT2D eigenvalue weighted by Crippen LogP contribution is 2.17. The Labute approximate surface area is 122 Å². The number of hydrogen-bond donors (Lipinski definition) is 2. The smallest absolute Gasteiger partial charge is 0.271 e. The Kier molecular flexibility index (Phi) is 4.90. The van der Waals surface area contributed by atoms with Gasteiger partial charge in [-0.1, -0.05) is 18.5 Å². The molecule has 0 saturated heterocycles. The Morgan fingerprint density at radius 3 is 2.50 bits per heavy atom. The SMILES string of the molecule is CCCNC(=O)c1ccc(Nc2ccc(Cl)cc2)nn1. The first-order valence-electron chi connectivity index (χ1n) is 6.33. The van der Waals surface area contributed by atoms with Crippen molar-refractivity contribution in [1.29, 1.82) is 0 Å². The zero-order valence-corrected chi connectivity index (χ0v) is 11.8. The van der Waals surface area contributed by atoms with Crippen LogP contribution in [0.2, 0.25) is 5.02 Å². The van der Waals surface area contributed by atoms with Crippen LogP contribution in [0.4, 0.5) is 11.5 Å². The normalized spacial score (nSPS) is 10.1. The molecule has 0 fully saturated rings. The number of rotatable bonds is 5. The van der Waals surface area contributed by atoms with E-state index in [1.165, 1.54) is 0 Å². The average Bonchev–Trinajstić information content (AvgIpc) is 2.48. The van der Waals surface area contributed by atoms with Crippen LogP contribution >= 0.6 is 11.6 Å². The first-order valence-corrected chi connectivity index (χ1v) is 6.71. The summed E-state index contributed by atoms with van der Waals surface area (Å²) in [5.74, 6) is 0.358. The summed E-state index contributed by atoms with van der Waals surface area (Å²) in [5.41, 5.74) is 1.16. The molecule has 1 aromatic heterocycles. The van der Waals surface area contributed by atoms with E-state index in [0.717, 1.165) is 12.1 Å². The molecular formula is C14H15ClN4O. The van der Waals surface area contributed by atoms with Crippen LogP contribution < -0.4 is 10.6 Å². The molecule has 1 aromatic carbocycles. The topological polar surface area (TPSA) is 66.9 Å². The van der Waals surface area contributed by atoms with E-state index in [0.29, 0.717) is 23.1 Å². The van der Waals surface area contributed by atoms with Crippen LogP contribution in [0.25, 0.3) is 0 Å². The molecule has 0 spiro atoms. The predicted octanol–water partition coefficient (Wildman–Crippen LogP) is 3.01. The fraction of sp³-hybridized carbons (Fsp3) is 0.214. The zero-order valence-electron chi connectivity index (χ0n) is 11.1. The molecule has 0 atom stereocenters. The van der Waals surface area contributed by atoms with E-state index in [2.05, 4.69) is 20.8 Å². The monoisotopic (exact) mass is 290 g/mol. The van der Waals surface area contributed by atoms with Gasteiger partial charge in [0.1, 0.15) is 0 Å². The Balaban J connectivity index is 2.01. The van der Waals surface area contributed by atoms with Crippen molar-refractivity contribution in [3.63, 3.8) is 0 Å². The lowest BCUT2D eigenvalue weighted by Crippen LogP contribution is -2.25. The van der Waals surface area contributed by atoms with Crippen LogP contribution in [-0.2, 0) is 0 Å². The molecule has 20 heavy (non-hydrogen) atoms. The molecule has 2 rings (SSSR count). The van der Waals surface area contributed by atoms with E-state index in [1.807, 2.05) is 19.1 Å². The van der Waals surface area contributed by atoms with E-state index < -0.39 is 0 Å². The minimum Gasteiger partial charge on any atom is -0.351 e. The third-order valence-electron chi connectivity index (χ3n) is 2.55. The molecule has 0 aliphatic rings. The number of nitrogens with one attached hydrogen (secondary N) is 2. The summed E-state index contributed by atoms with van der Waals surface area (Å²) in [5, 5.41) is 14.4. The van der Waals surface area contributed by atoms with Gasteiger partial charge < -0.3 is 10.6 Å². The van der Waals surface area contributed by atoms with Gasteiger partial charge in [-0.2, -0.15) is 0 Å². The molecule has 1 heterocycles. The second-order valence-corrected chi connectivity index (χ2v) is 4.63. The van der Waals surface area contributed by atoms with E-state index >= 15 is 0 Å². The van der Waals surface area contributed by atoms with Gasteiger partial charge >= 0.3 is 0 Å². The third kappa shape index (κ3) is 3.93. The predicted molar refractivity (Wildman–Crippen MR) is 79.4 cm³/mol. The fourth-order valence-electron chi connectivity index (χ4n) is 1.53. The van der Waals surface area contributed by atoms with Crippen molar-refractivity contribution in [3.8, 4) is 0 Å². The van der Waals surface area contributed by atoms with Crippen LogP contribution in [0.3, 0.4) is 0 Å². The van der Waals surface area contributed by atoms with Crippen molar-refractivity contribution in [2.45, 2.75) is 13.3 Å². The van der Waals surface area contributed by atoms with Crippen molar-refractivity contribution in [2.75, 3.05) is 11.9 Å². The van der Waals surface area contributed by atoms with E-state index in [1.54, 1.807) is 24.3 Å². The summed E-state index contributed by atoms with van der Waals surface area (Å²) < 4.78 is 0. The van der Waals surface area contributed by atoms with E-state index in [4.69, 9.17) is 11.6 Å². The number of anilines is 2. The maximum atomic E-state index is 11.7. The Bertz CT molecular complexity index is 569. The third-order valence-corrected chi connectivity index (χ3v) is 2.80. The van der Waals surface area contributed by atoms with Crippen LogP contribution in [0.1, 0.15) is 23.8 Å². The molecule has 0 aliphatic heterocycles. The summed E-state index contributed by atoms with van der Waals surface area (Å²) in [4.78, 5) is 11.7. The number of aromatic nitrogens is 2. The van der Waals surface area contributed by atoms with Gasteiger partial charge in [0.25, 0.3) is 5.91 Å². The number of carbonyl (C=O) groups is 1. The Hall–Kier alpha value is -2.14. The molecule has 0 bridgehead atoms. The quantitative estimate of drug-likeness (QED) is 0.888. The minimum atomic E-state index is -0.211. The highest BCUT2D eigenvalue weighted by Gasteiger charge is 2.07. The fourth-order valence-corrected chi connectivity index (χ4v) is 1.66. The van der Waals surface area contributed by atoms with Crippen LogP contribution in [0.5, 0.6) is 0 Å². The molecular weight excluding hydrogens is 276 g/mol. The number of amides is 1. The Morgan fingerprint density at radius 1 is 1.15 bits per heavy atom. The van der Waals surface area contributed by atoms with Crippen LogP contribution in [-0.4, -0.2) is 22.6 Å². The maximum absolute atomic E-state index is 11.7. The summed E-state index contributed by atoms with van der Waals surface area (Å²) in [6.07, 6.45) is 0.884. The molecule has 2 N–H and O–H groups in total. The largest absolute Gasteiger partial charge is 0.351 e. The van der Waals surface area contributed by atoms with Gasteiger partial charge in [-0.3, -0.25) is 4.79 Å². The highest BCUT2D eigenvalue weighted by atomic mass is 35.5. The number of hydrogen-bond acceptors (Lipinski definition) is 4. The van der Waals surface area contributed by atoms with Gasteiger partial charge in [-0.05, 0) is 42.8 Å². The van der Waals surface area contributed by atoms with Gasteiger partial charge in [-0.25, -0.2) is 0 Å². The molecule has 0 aliphatic carbocycles. The van der Waals surface area contributed by atoms with E-state index in [9.17, 15) is 4.79 Å². The lowest BCUT2D eigenvalue weighted by Gasteiger charge is -2.06. The second-order valence-electron chi connectivity index (χ2n) is 4.19. The van der Waals surface area contributed by atoms with Gasteiger partial charge in [0.15, 0.2) is 11.5 Å². The molecule has 104 valence electrons. The zero-order chi connectivity index (χ0) is 14.4. The van der Waals surface area contributed by atoms with Gasteiger partial charge in [-0.15, -0.1) is 10.2 Å². The molecule has 2 aromatic rings. The Morgan fingerprint density at radius 2 is 1.90 bits per heavy atom. The minimum absolute atomic E-state index is 0.211. The van der Waals surface area contributed by atoms with Crippen molar-refractivity contribution >= 4 is 29.0 Å². The van der Waals surface area contributed by atoms with Crippen molar-refractivity contribution in [1.82, 2.24) is 15.5 Å². The summed E-state index contributed by atoms with van der Waals surface area (Å²) in [6.45, 7) is 2.62. The maximum Gasteiger partial charge on any atom is 0.271 e. The van der Waals surface area contributed by atoms with Crippen molar-refractivity contribution < 1.29 is 4.79 Å². The summed E-state index contributed by atoms with van der Waals surface area (Å²) in [7, 11) is 0. The van der Waals surface area contributed by atoms with Gasteiger partial charge in [0, 0.05) is 17.3 Å². The van der Waals surface area contributed by atoms with Crippen LogP contribution in [0.15, 0.2) is 36.4 Å². The number of nitrogens with zero attached hydrogens (tertiary/aromatic N) is 2. The number of carbonyl (C=O) groups excluding carboxylic acids is 1.